The monoisotopic (exact) mass is 807 g/mol. The molecular weight excluding hydrogens is 763 g/mol. The molecule has 0 unspecified atom stereocenters. The average molecular weight is 808 g/mol. The predicted octanol–water partition coefficient (Wildman–Crippen LogP) is 7.18. The number of fused-ring (bicyclic) bond motifs is 8. The largest absolute Gasteiger partial charge is 0.494 e. The third-order valence-corrected chi connectivity index (χ3v) is 11.4. The zero-order valence-corrected chi connectivity index (χ0v) is 33.4. The third kappa shape index (κ3) is 7.42. The fourth-order valence-corrected chi connectivity index (χ4v) is 8.49. The van der Waals surface area contributed by atoms with Gasteiger partial charge in [-0.3, -0.25) is 24.3 Å². The Labute approximate surface area is 347 Å². The molecule has 5 aromatic carbocycles. The van der Waals surface area contributed by atoms with Gasteiger partial charge in [0.2, 0.25) is 5.91 Å². The second-order valence-corrected chi connectivity index (χ2v) is 15.3. The molecule has 0 saturated heterocycles. The molecule has 4 heterocycles. The van der Waals surface area contributed by atoms with Crippen LogP contribution in [-0.2, 0) is 30.8 Å². The number of para-hydroxylation sites is 2. The highest BCUT2D eigenvalue weighted by Crippen LogP contribution is 2.43. The van der Waals surface area contributed by atoms with Crippen molar-refractivity contribution in [3.8, 4) is 28.7 Å². The number of unbranched alkanes of at least 4 members (excludes halogenated alkanes) is 1. The fraction of sp³-hybridized carbons (Fsp3) is 0.277. The Kier molecular flexibility index (Phi) is 10.5. The topological polar surface area (TPSA) is 154 Å². The lowest BCUT2D eigenvalue weighted by molar-refractivity contribution is -0.118. The summed E-state index contributed by atoms with van der Waals surface area (Å²) in [5.41, 5.74) is 13.1. The van der Waals surface area contributed by atoms with Crippen LogP contribution in [0, 0.1) is 0 Å². The van der Waals surface area contributed by atoms with Crippen molar-refractivity contribution in [2.24, 2.45) is 10.7 Å². The van der Waals surface area contributed by atoms with Crippen molar-refractivity contribution in [3.63, 3.8) is 0 Å². The van der Waals surface area contributed by atoms with Crippen molar-refractivity contribution in [1.82, 2.24) is 0 Å². The van der Waals surface area contributed by atoms with E-state index in [-0.39, 0.29) is 49.4 Å². The van der Waals surface area contributed by atoms with Crippen LogP contribution in [0.25, 0.3) is 0 Å². The van der Waals surface area contributed by atoms with Gasteiger partial charge in [-0.1, -0.05) is 36.4 Å². The van der Waals surface area contributed by atoms with Gasteiger partial charge in [0.05, 0.1) is 55.4 Å². The molecule has 3 N–H and O–H groups in total. The molecule has 0 saturated carbocycles. The van der Waals surface area contributed by atoms with E-state index in [1.165, 1.54) is 0 Å². The molecule has 0 fully saturated rings. The highest BCUT2D eigenvalue weighted by atomic mass is 16.5. The van der Waals surface area contributed by atoms with Crippen molar-refractivity contribution < 1.29 is 38.1 Å². The van der Waals surface area contributed by atoms with Crippen LogP contribution in [0.1, 0.15) is 62.2 Å². The SMILES string of the molecule is COc1cc2c(cc1OCc1cc(COc3cc4c(cc3OC)C(=O)N3c5ccccc5C[C@H]3CN4)cc(OCCCCC(N)=O)c1)N=C[C@@H]1Cc3ccccc3N1C2=O. The molecule has 306 valence electrons. The Morgan fingerprint density at radius 2 is 1.37 bits per heavy atom. The lowest BCUT2D eigenvalue weighted by Gasteiger charge is -2.22. The van der Waals surface area contributed by atoms with E-state index in [0.717, 1.165) is 40.0 Å². The summed E-state index contributed by atoms with van der Waals surface area (Å²) < 4.78 is 30.5. The molecule has 13 heteroatoms. The van der Waals surface area contributed by atoms with Gasteiger partial charge in [-0.15, -0.1) is 0 Å². The summed E-state index contributed by atoms with van der Waals surface area (Å²) >= 11 is 0. The summed E-state index contributed by atoms with van der Waals surface area (Å²) in [6, 6.07) is 28.5. The Hall–Kier alpha value is -7.02. The minimum atomic E-state index is -0.346. The summed E-state index contributed by atoms with van der Waals surface area (Å²) in [5.74, 6) is 1.76. The van der Waals surface area contributed by atoms with Gasteiger partial charge in [-0.2, -0.15) is 0 Å². The molecule has 0 spiro atoms. The van der Waals surface area contributed by atoms with Gasteiger partial charge in [-0.05, 0) is 84.0 Å². The first-order chi connectivity index (χ1) is 29.3. The van der Waals surface area contributed by atoms with Crippen molar-refractivity contribution in [2.75, 3.05) is 42.5 Å². The Morgan fingerprint density at radius 1 is 0.733 bits per heavy atom. The molecular formula is C47H45N5O8. The molecule has 2 atom stereocenters. The molecule has 5 aromatic rings. The predicted molar refractivity (Wildman–Crippen MR) is 228 cm³/mol. The van der Waals surface area contributed by atoms with E-state index in [1.54, 1.807) is 37.3 Å². The van der Waals surface area contributed by atoms with E-state index < -0.39 is 0 Å². The molecule has 9 rings (SSSR count). The number of hydrogen-bond acceptors (Lipinski definition) is 10. The zero-order valence-electron chi connectivity index (χ0n) is 33.4. The van der Waals surface area contributed by atoms with Crippen molar-refractivity contribution in [2.45, 2.75) is 57.4 Å². The number of benzene rings is 5. The van der Waals surface area contributed by atoms with E-state index in [9.17, 15) is 14.4 Å². The van der Waals surface area contributed by atoms with Gasteiger partial charge in [0, 0.05) is 49.1 Å². The number of ether oxygens (including phenoxy) is 5. The highest BCUT2D eigenvalue weighted by Gasteiger charge is 2.38. The number of nitrogens with two attached hydrogens (primary N) is 1. The Balaban J connectivity index is 0.951. The summed E-state index contributed by atoms with van der Waals surface area (Å²) in [6.07, 6.45) is 4.84. The molecule has 4 aliphatic rings. The van der Waals surface area contributed by atoms with E-state index in [2.05, 4.69) is 11.4 Å². The zero-order chi connectivity index (χ0) is 41.3. The van der Waals surface area contributed by atoms with Crippen LogP contribution in [0.3, 0.4) is 0 Å². The van der Waals surface area contributed by atoms with Gasteiger partial charge in [0.15, 0.2) is 23.0 Å². The van der Waals surface area contributed by atoms with Crippen LogP contribution in [-0.4, -0.2) is 63.4 Å². The van der Waals surface area contributed by atoms with Crippen molar-refractivity contribution in [3.05, 3.63) is 124 Å². The number of amides is 3. The van der Waals surface area contributed by atoms with E-state index in [1.807, 2.05) is 77.8 Å². The van der Waals surface area contributed by atoms with Gasteiger partial charge in [0.25, 0.3) is 11.8 Å². The van der Waals surface area contributed by atoms with Crippen molar-refractivity contribution >= 4 is 46.7 Å². The highest BCUT2D eigenvalue weighted by molar-refractivity contribution is 6.15. The van der Waals surface area contributed by atoms with Gasteiger partial charge >= 0.3 is 0 Å². The first-order valence-electron chi connectivity index (χ1n) is 20.1. The lowest BCUT2D eigenvalue weighted by atomic mass is 10.1. The number of primary amides is 1. The number of carbonyl (C=O) groups excluding carboxylic acids is 3. The van der Waals surface area contributed by atoms with Gasteiger partial charge in [0.1, 0.15) is 19.0 Å². The maximum atomic E-state index is 14.0. The molecule has 3 amide bonds. The van der Waals surface area contributed by atoms with Crippen LogP contribution in [0.15, 0.2) is 96.0 Å². The summed E-state index contributed by atoms with van der Waals surface area (Å²) in [5, 5.41) is 3.49. The normalized spacial score (nSPS) is 16.9. The number of anilines is 3. The summed E-state index contributed by atoms with van der Waals surface area (Å²) in [7, 11) is 3.10. The Bertz CT molecular complexity index is 2540. The standard InChI is InChI=1S/C47H45N5O8/c1-56-41-20-35-37(49-24-32-18-30-9-3-5-11-39(30)51(32)46(35)54)22-43(41)59-26-28-15-29(17-34(16-28)58-14-8-7-13-45(48)53)27-60-44-23-38-36(21-42(44)57-2)47(55)52-33(25-50-38)19-31-10-4-6-12-40(31)52/h3-6,9-12,15-17,20-24,32-33,50H,7-8,13-14,18-19,25-27H2,1-2H3,(H2,48,53)/t32-,33-/m0/s1. The fourth-order valence-electron chi connectivity index (χ4n) is 8.49. The summed E-state index contributed by atoms with van der Waals surface area (Å²) in [6.45, 7) is 1.26. The molecule has 0 aromatic heterocycles. The first-order valence-corrected chi connectivity index (χ1v) is 20.1. The van der Waals surface area contributed by atoms with Crippen LogP contribution in [0.2, 0.25) is 0 Å². The second-order valence-electron chi connectivity index (χ2n) is 15.3. The molecule has 0 aliphatic carbocycles. The second kappa shape index (κ2) is 16.3. The lowest BCUT2D eigenvalue weighted by Crippen LogP contribution is -2.39. The third-order valence-electron chi connectivity index (χ3n) is 11.4. The van der Waals surface area contributed by atoms with Gasteiger partial charge < -0.3 is 39.6 Å². The molecule has 0 bridgehead atoms. The van der Waals surface area contributed by atoms with Crippen molar-refractivity contribution in [1.29, 1.82) is 0 Å². The molecule has 4 aliphatic heterocycles. The molecule has 13 nitrogen and oxygen atoms in total. The smallest absolute Gasteiger partial charge is 0.261 e. The maximum Gasteiger partial charge on any atom is 0.261 e. The van der Waals surface area contributed by atoms with Crippen LogP contribution in [0.5, 0.6) is 28.7 Å². The molecule has 60 heavy (non-hydrogen) atoms. The van der Waals surface area contributed by atoms with Gasteiger partial charge in [-0.25, -0.2) is 0 Å². The van der Waals surface area contributed by atoms with Crippen LogP contribution in [0.4, 0.5) is 22.7 Å². The van der Waals surface area contributed by atoms with Crippen LogP contribution < -0.4 is 44.5 Å². The number of nitrogens with zero attached hydrogens (tertiary/aromatic N) is 3. The minimum Gasteiger partial charge on any atom is -0.494 e. The average Bonchev–Trinajstić information content (AvgIpc) is 3.75. The van der Waals surface area contributed by atoms with Crippen LogP contribution >= 0.6 is 0 Å². The number of carbonyl (C=O) groups is 3. The maximum absolute atomic E-state index is 14.0. The quantitative estimate of drug-likeness (QED) is 0.111. The molecule has 0 radical (unpaired) electrons. The van der Waals surface area contributed by atoms with E-state index >= 15 is 0 Å². The Morgan fingerprint density at radius 3 is 2.07 bits per heavy atom. The number of methoxy groups -OCH3 is 2. The van der Waals surface area contributed by atoms with E-state index in [0.29, 0.717) is 83.7 Å². The first kappa shape index (κ1) is 38.5. The number of hydrogen-bond donors (Lipinski definition) is 2. The minimum absolute atomic E-state index is 0.00583. The van der Waals surface area contributed by atoms with E-state index in [4.69, 9.17) is 34.4 Å². The number of rotatable bonds is 14. The number of aliphatic imine (C=N–C) groups is 1. The summed E-state index contributed by atoms with van der Waals surface area (Å²) in [4.78, 5) is 47.6. The number of nitrogens with one attached hydrogen (secondary N) is 1.